The monoisotopic (exact) mass is 110 g/mol. The first kappa shape index (κ1) is 5.22. The number of hydrogen-bond donors (Lipinski definition) is 2. The van der Waals surface area contributed by atoms with Gasteiger partial charge in [0.25, 0.3) is 0 Å². The largest absolute Gasteiger partial charge is 0.363 e. The summed E-state index contributed by atoms with van der Waals surface area (Å²) in [4.78, 5) is 0. The summed E-state index contributed by atoms with van der Waals surface area (Å²) in [6.07, 6.45) is 3.88. The fourth-order valence-corrected chi connectivity index (χ4v) is 0.528. The Labute approximate surface area is 49.3 Å². The third-order valence-electron chi connectivity index (χ3n) is 1.03. The second-order valence-electron chi connectivity index (χ2n) is 1.94. The first-order chi connectivity index (χ1) is 3.79. The van der Waals surface area contributed by atoms with Crippen LogP contribution in [0.2, 0.25) is 0 Å². The fraction of sp³-hybridized carbons (Fsp3) is 0.333. The zero-order valence-corrected chi connectivity index (χ0v) is 5.15. The molecular formula is C6H10N2. The van der Waals surface area contributed by atoms with Crippen molar-refractivity contribution in [1.29, 1.82) is 0 Å². The van der Waals surface area contributed by atoms with Crippen molar-refractivity contribution < 1.29 is 0 Å². The van der Waals surface area contributed by atoms with E-state index in [0.717, 1.165) is 11.4 Å². The highest BCUT2D eigenvalue weighted by Crippen LogP contribution is 1.94. The SMILES string of the molecule is CC1=CNC(C)=CN1. The zero-order chi connectivity index (χ0) is 5.98. The van der Waals surface area contributed by atoms with Crippen molar-refractivity contribution in [2.24, 2.45) is 0 Å². The van der Waals surface area contributed by atoms with Crippen LogP contribution in [0.1, 0.15) is 13.8 Å². The van der Waals surface area contributed by atoms with Crippen molar-refractivity contribution in [3.63, 3.8) is 0 Å². The van der Waals surface area contributed by atoms with Crippen LogP contribution in [0.4, 0.5) is 0 Å². The van der Waals surface area contributed by atoms with Crippen molar-refractivity contribution >= 4 is 0 Å². The molecule has 0 aliphatic carbocycles. The molecule has 0 aromatic heterocycles. The second-order valence-corrected chi connectivity index (χ2v) is 1.94. The summed E-state index contributed by atoms with van der Waals surface area (Å²) in [5.74, 6) is 0. The molecule has 1 aliphatic heterocycles. The molecule has 0 spiro atoms. The molecule has 0 aromatic rings. The number of hydrogen-bond acceptors (Lipinski definition) is 2. The minimum absolute atomic E-state index is 1.15. The lowest BCUT2D eigenvalue weighted by molar-refractivity contribution is 0.897. The molecule has 2 nitrogen and oxygen atoms in total. The van der Waals surface area contributed by atoms with Gasteiger partial charge in [-0.25, -0.2) is 0 Å². The van der Waals surface area contributed by atoms with E-state index in [2.05, 4.69) is 10.6 Å². The van der Waals surface area contributed by atoms with Crippen molar-refractivity contribution in [1.82, 2.24) is 10.6 Å². The predicted molar refractivity (Wildman–Crippen MR) is 33.8 cm³/mol. The van der Waals surface area contributed by atoms with Gasteiger partial charge in [0.1, 0.15) is 0 Å². The minimum atomic E-state index is 1.15. The molecule has 1 aliphatic rings. The predicted octanol–water partition coefficient (Wildman–Crippen LogP) is 0.902. The minimum Gasteiger partial charge on any atom is -0.363 e. The van der Waals surface area contributed by atoms with E-state index in [4.69, 9.17) is 0 Å². The molecule has 0 bridgehead atoms. The Balaban J connectivity index is 2.54. The fourth-order valence-electron chi connectivity index (χ4n) is 0.528. The lowest BCUT2D eigenvalue weighted by Crippen LogP contribution is -2.16. The summed E-state index contributed by atoms with van der Waals surface area (Å²) in [7, 11) is 0. The zero-order valence-electron chi connectivity index (χ0n) is 5.15. The lowest BCUT2D eigenvalue weighted by Gasteiger charge is -2.10. The first-order valence-electron chi connectivity index (χ1n) is 2.65. The van der Waals surface area contributed by atoms with Gasteiger partial charge in [0, 0.05) is 23.8 Å². The Hall–Kier alpha value is -0.920. The molecule has 1 rings (SSSR count). The Kier molecular flexibility index (Phi) is 1.24. The third-order valence-corrected chi connectivity index (χ3v) is 1.03. The quantitative estimate of drug-likeness (QED) is 0.484. The maximum atomic E-state index is 3.07. The average Bonchev–Trinajstić information content (AvgIpc) is 1.77. The topological polar surface area (TPSA) is 24.1 Å². The second kappa shape index (κ2) is 1.90. The Bertz CT molecular complexity index is 127. The summed E-state index contributed by atoms with van der Waals surface area (Å²) in [5, 5.41) is 6.14. The van der Waals surface area contributed by atoms with Gasteiger partial charge in [0.2, 0.25) is 0 Å². The highest BCUT2D eigenvalue weighted by molar-refractivity contribution is 5.11. The van der Waals surface area contributed by atoms with E-state index in [1.807, 2.05) is 26.2 Å². The van der Waals surface area contributed by atoms with Crippen molar-refractivity contribution in [2.75, 3.05) is 0 Å². The Morgan fingerprint density at radius 1 is 1.00 bits per heavy atom. The van der Waals surface area contributed by atoms with E-state index in [1.54, 1.807) is 0 Å². The van der Waals surface area contributed by atoms with Crippen LogP contribution in [-0.2, 0) is 0 Å². The smallest absolute Gasteiger partial charge is 0.0278 e. The van der Waals surface area contributed by atoms with Crippen LogP contribution in [0.15, 0.2) is 23.8 Å². The molecule has 0 saturated heterocycles. The number of allylic oxidation sites excluding steroid dienone is 2. The first-order valence-corrected chi connectivity index (χ1v) is 2.65. The maximum Gasteiger partial charge on any atom is 0.0278 e. The maximum absolute atomic E-state index is 3.07. The summed E-state index contributed by atoms with van der Waals surface area (Å²) in [5.41, 5.74) is 2.30. The molecule has 0 amide bonds. The molecule has 44 valence electrons. The molecule has 0 unspecified atom stereocenters. The van der Waals surface area contributed by atoms with E-state index < -0.39 is 0 Å². The van der Waals surface area contributed by atoms with Gasteiger partial charge in [-0.15, -0.1) is 0 Å². The Morgan fingerprint density at radius 3 is 1.62 bits per heavy atom. The molecule has 0 radical (unpaired) electrons. The normalized spacial score (nSPS) is 17.8. The van der Waals surface area contributed by atoms with Crippen LogP contribution >= 0.6 is 0 Å². The molecular weight excluding hydrogens is 100 g/mol. The molecule has 0 atom stereocenters. The highest BCUT2D eigenvalue weighted by atomic mass is 15.0. The number of nitrogens with one attached hydrogen (secondary N) is 2. The van der Waals surface area contributed by atoms with Crippen LogP contribution in [0.3, 0.4) is 0 Å². The summed E-state index contributed by atoms with van der Waals surface area (Å²) < 4.78 is 0. The van der Waals surface area contributed by atoms with Gasteiger partial charge in [-0.2, -0.15) is 0 Å². The van der Waals surface area contributed by atoms with E-state index in [9.17, 15) is 0 Å². The van der Waals surface area contributed by atoms with Gasteiger partial charge < -0.3 is 10.6 Å². The van der Waals surface area contributed by atoms with Crippen LogP contribution in [-0.4, -0.2) is 0 Å². The van der Waals surface area contributed by atoms with Gasteiger partial charge >= 0.3 is 0 Å². The van der Waals surface area contributed by atoms with Crippen molar-refractivity contribution in [2.45, 2.75) is 13.8 Å². The molecule has 2 heteroatoms. The Morgan fingerprint density at radius 2 is 1.38 bits per heavy atom. The van der Waals surface area contributed by atoms with E-state index in [1.165, 1.54) is 0 Å². The van der Waals surface area contributed by atoms with Gasteiger partial charge in [0.05, 0.1) is 0 Å². The van der Waals surface area contributed by atoms with E-state index >= 15 is 0 Å². The van der Waals surface area contributed by atoms with E-state index in [0.29, 0.717) is 0 Å². The van der Waals surface area contributed by atoms with Crippen molar-refractivity contribution in [3.8, 4) is 0 Å². The molecule has 1 heterocycles. The van der Waals surface area contributed by atoms with Crippen molar-refractivity contribution in [3.05, 3.63) is 23.8 Å². The summed E-state index contributed by atoms with van der Waals surface area (Å²) >= 11 is 0. The van der Waals surface area contributed by atoms with Gasteiger partial charge in [-0.1, -0.05) is 0 Å². The third kappa shape index (κ3) is 1.03. The van der Waals surface area contributed by atoms with Gasteiger partial charge in [-0.05, 0) is 13.8 Å². The molecule has 0 fully saturated rings. The van der Waals surface area contributed by atoms with Gasteiger partial charge in [-0.3, -0.25) is 0 Å². The number of rotatable bonds is 0. The molecule has 2 N–H and O–H groups in total. The average molecular weight is 110 g/mol. The van der Waals surface area contributed by atoms with Crippen LogP contribution < -0.4 is 10.6 Å². The molecule has 0 saturated carbocycles. The van der Waals surface area contributed by atoms with Crippen LogP contribution in [0.25, 0.3) is 0 Å². The van der Waals surface area contributed by atoms with E-state index in [-0.39, 0.29) is 0 Å². The van der Waals surface area contributed by atoms with Crippen LogP contribution in [0, 0.1) is 0 Å². The molecule has 8 heavy (non-hydrogen) atoms. The lowest BCUT2D eigenvalue weighted by atomic mass is 10.4. The molecule has 0 aromatic carbocycles. The van der Waals surface area contributed by atoms with Gasteiger partial charge in [0.15, 0.2) is 0 Å². The standard InChI is InChI=1S/C6H10N2/c1-5-3-8-6(2)4-7-5/h3-4,7-8H,1-2H3. The van der Waals surface area contributed by atoms with Crippen LogP contribution in [0.5, 0.6) is 0 Å². The highest BCUT2D eigenvalue weighted by Gasteiger charge is 1.91. The summed E-state index contributed by atoms with van der Waals surface area (Å²) in [6, 6.07) is 0. The summed E-state index contributed by atoms with van der Waals surface area (Å²) in [6.45, 7) is 4.02.